The van der Waals surface area contributed by atoms with Crippen molar-refractivity contribution in [1.29, 1.82) is 0 Å². The molecule has 0 aliphatic heterocycles. The summed E-state index contributed by atoms with van der Waals surface area (Å²) < 4.78 is 5.66. The number of carboxylic acids is 1. The van der Waals surface area contributed by atoms with Crippen molar-refractivity contribution in [3.05, 3.63) is 65.7 Å². The van der Waals surface area contributed by atoms with Crippen molar-refractivity contribution in [2.24, 2.45) is 0 Å². The van der Waals surface area contributed by atoms with Crippen molar-refractivity contribution in [2.45, 2.75) is 19.1 Å². The lowest BCUT2D eigenvalue weighted by Gasteiger charge is -2.11. The number of quaternary nitrogens is 1. The molecule has 0 saturated carbocycles. The zero-order valence-electron chi connectivity index (χ0n) is 11.1. The van der Waals surface area contributed by atoms with Crippen molar-refractivity contribution in [2.75, 3.05) is 0 Å². The molecular formula is C16H17NO3. The Morgan fingerprint density at radius 1 is 1.10 bits per heavy atom. The summed E-state index contributed by atoms with van der Waals surface area (Å²) in [5, 5.41) is 10.5. The molecule has 4 nitrogen and oxygen atoms in total. The van der Waals surface area contributed by atoms with E-state index in [1.807, 2.05) is 54.6 Å². The molecule has 0 spiro atoms. The van der Waals surface area contributed by atoms with Gasteiger partial charge in [-0.15, -0.1) is 0 Å². The minimum absolute atomic E-state index is 0.0791. The molecule has 0 bridgehead atoms. The van der Waals surface area contributed by atoms with Gasteiger partial charge in [-0.25, -0.2) is 0 Å². The molecule has 0 radical (unpaired) electrons. The van der Waals surface area contributed by atoms with Gasteiger partial charge in [0.2, 0.25) is 0 Å². The van der Waals surface area contributed by atoms with E-state index in [2.05, 4.69) is 5.73 Å². The van der Waals surface area contributed by atoms with Crippen molar-refractivity contribution in [3.8, 4) is 5.75 Å². The molecule has 2 rings (SSSR count). The molecule has 0 heterocycles. The number of ether oxygens (including phenoxy) is 1. The number of hydrogen-bond donors (Lipinski definition) is 1. The van der Waals surface area contributed by atoms with E-state index in [9.17, 15) is 9.90 Å². The Morgan fingerprint density at radius 3 is 2.35 bits per heavy atom. The summed E-state index contributed by atoms with van der Waals surface area (Å²) in [6.07, 6.45) is -0.0791. The number of aliphatic carboxylic acids is 1. The lowest BCUT2D eigenvalue weighted by Crippen LogP contribution is -2.55. The van der Waals surface area contributed by atoms with E-state index in [1.165, 1.54) is 0 Å². The van der Waals surface area contributed by atoms with Crippen molar-refractivity contribution in [1.82, 2.24) is 0 Å². The highest BCUT2D eigenvalue weighted by Crippen LogP contribution is 2.18. The molecule has 104 valence electrons. The summed E-state index contributed by atoms with van der Waals surface area (Å²) >= 11 is 0. The van der Waals surface area contributed by atoms with Crippen molar-refractivity contribution in [3.63, 3.8) is 0 Å². The summed E-state index contributed by atoms with van der Waals surface area (Å²) in [6.45, 7) is 0.507. The number of benzene rings is 2. The summed E-state index contributed by atoms with van der Waals surface area (Å²) in [7, 11) is 0. The molecule has 0 unspecified atom stereocenters. The molecule has 20 heavy (non-hydrogen) atoms. The molecule has 0 aromatic heterocycles. The third-order valence-electron chi connectivity index (χ3n) is 3.01. The van der Waals surface area contributed by atoms with E-state index in [4.69, 9.17) is 4.74 Å². The third kappa shape index (κ3) is 4.10. The Balaban J connectivity index is 1.93. The average Bonchev–Trinajstić information content (AvgIpc) is 2.46. The Labute approximate surface area is 117 Å². The second-order valence-electron chi connectivity index (χ2n) is 4.62. The van der Waals surface area contributed by atoms with Gasteiger partial charge in [-0.3, -0.25) is 0 Å². The molecular weight excluding hydrogens is 254 g/mol. The first-order chi connectivity index (χ1) is 9.65. The average molecular weight is 271 g/mol. The predicted molar refractivity (Wildman–Crippen MR) is 72.5 cm³/mol. The van der Waals surface area contributed by atoms with Crippen LogP contribution >= 0.6 is 0 Å². The van der Waals surface area contributed by atoms with Crippen LogP contribution in [0, 0.1) is 0 Å². The largest absolute Gasteiger partial charge is 0.550 e. The Kier molecular flexibility index (Phi) is 4.74. The second kappa shape index (κ2) is 6.73. The molecule has 1 atom stereocenters. The van der Waals surface area contributed by atoms with Crippen molar-refractivity contribution < 1.29 is 20.4 Å². The highest BCUT2D eigenvalue weighted by Gasteiger charge is 2.09. The Hall–Kier alpha value is -2.33. The van der Waals surface area contributed by atoms with Gasteiger partial charge in [-0.05, 0) is 29.8 Å². The van der Waals surface area contributed by atoms with Crippen LogP contribution in [0.5, 0.6) is 5.75 Å². The SMILES string of the molecule is [NH3+][C@@H](CC(=O)[O-])c1ccc(OCc2ccccc2)cc1. The van der Waals surface area contributed by atoms with Gasteiger partial charge in [0.1, 0.15) is 18.4 Å². The quantitative estimate of drug-likeness (QED) is 0.839. The standard InChI is InChI=1S/C16H17NO3/c17-15(10-16(18)19)13-6-8-14(9-7-13)20-11-12-4-2-1-3-5-12/h1-9,15H,10-11,17H2,(H,18,19)/t15-/m0/s1. The van der Waals surface area contributed by atoms with Gasteiger partial charge in [-0.2, -0.15) is 0 Å². The van der Waals surface area contributed by atoms with E-state index in [1.54, 1.807) is 0 Å². The maximum absolute atomic E-state index is 10.5. The van der Waals surface area contributed by atoms with E-state index in [0.717, 1.165) is 16.9 Å². The fourth-order valence-electron chi connectivity index (χ4n) is 1.90. The van der Waals surface area contributed by atoms with Crippen LogP contribution in [0.3, 0.4) is 0 Å². The number of rotatable bonds is 6. The maximum atomic E-state index is 10.5. The minimum Gasteiger partial charge on any atom is -0.550 e. The van der Waals surface area contributed by atoms with Gasteiger partial charge in [0, 0.05) is 18.0 Å². The molecule has 4 heteroatoms. The molecule has 3 N–H and O–H groups in total. The smallest absolute Gasteiger partial charge is 0.119 e. The first-order valence-corrected chi connectivity index (χ1v) is 6.45. The van der Waals surface area contributed by atoms with Crippen LogP contribution in [-0.4, -0.2) is 5.97 Å². The highest BCUT2D eigenvalue weighted by atomic mass is 16.5. The fraction of sp³-hybridized carbons (Fsp3) is 0.188. The molecule has 2 aromatic carbocycles. The lowest BCUT2D eigenvalue weighted by atomic mass is 10.0. The molecule has 0 fully saturated rings. The Morgan fingerprint density at radius 2 is 1.75 bits per heavy atom. The van der Waals surface area contributed by atoms with Crippen LogP contribution < -0.4 is 15.6 Å². The summed E-state index contributed by atoms with van der Waals surface area (Å²) in [5.74, 6) is -0.340. The second-order valence-corrected chi connectivity index (χ2v) is 4.62. The fourth-order valence-corrected chi connectivity index (χ4v) is 1.90. The van der Waals surface area contributed by atoms with Gasteiger partial charge in [-0.1, -0.05) is 30.3 Å². The van der Waals surface area contributed by atoms with Crippen LogP contribution in [-0.2, 0) is 11.4 Å². The first-order valence-electron chi connectivity index (χ1n) is 6.45. The summed E-state index contributed by atoms with van der Waals surface area (Å²) in [6, 6.07) is 16.9. The normalized spacial score (nSPS) is 11.8. The maximum Gasteiger partial charge on any atom is 0.119 e. The number of carboxylic acid groups (broad SMARTS) is 1. The van der Waals surface area contributed by atoms with Crippen LogP contribution in [0.25, 0.3) is 0 Å². The van der Waals surface area contributed by atoms with E-state index in [0.29, 0.717) is 6.61 Å². The van der Waals surface area contributed by atoms with Crippen LogP contribution in [0.2, 0.25) is 0 Å². The number of carbonyl (C=O) groups is 1. The molecule has 2 aromatic rings. The van der Waals surface area contributed by atoms with E-state index in [-0.39, 0.29) is 12.5 Å². The molecule has 0 saturated heterocycles. The first kappa shape index (κ1) is 14.1. The zero-order valence-corrected chi connectivity index (χ0v) is 11.1. The third-order valence-corrected chi connectivity index (χ3v) is 3.01. The molecule has 0 amide bonds. The summed E-state index contributed by atoms with van der Waals surface area (Å²) in [5.41, 5.74) is 5.77. The van der Waals surface area contributed by atoms with Crippen LogP contribution in [0.15, 0.2) is 54.6 Å². The van der Waals surface area contributed by atoms with Gasteiger partial charge >= 0.3 is 0 Å². The lowest BCUT2D eigenvalue weighted by molar-refractivity contribution is -0.430. The van der Waals surface area contributed by atoms with Crippen LogP contribution in [0.4, 0.5) is 0 Å². The number of hydrogen-bond acceptors (Lipinski definition) is 3. The van der Waals surface area contributed by atoms with E-state index >= 15 is 0 Å². The van der Waals surface area contributed by atoms with Crippen molar-refractivity contribution >= 4 is 5.97 Å². The number of carbonyl (C=O) groups excluding carboxylic acids is 1. The zero-order chi connectivity index (χ0) is 14.4. The summed E-state index contributed by atoms with van der Waals surface area (Å²) in [4.78, 5) is 10.5. The molecule has 0 aliphatic rings. The Bertz CT molecular complexity index is 552. The van der Waals surface area contributed by atoms with Gasteiger partial charge in [0.05, 0.1) is 0 Å². The molecule has 0 aliphatic carbocycles. The van der Waals surface area contributed by atoms with Gasteiger partial charge in [0.15, 0.2) is 0 Å². The minimum atomic E-state index is -1.09. The van der Waals surface area contributed by atoms with Gasteiger partial charge in [0.25, 0.3) is 0 Å². The van der Waals surface area contributed by atoms with E-state index < -0.39 is 5.97 Å². The van der Waals surface area contributed by atoms with Crippen LogP contribution in [0.1, 0.15) is 23.6 Å². The topological polar surface area (TPSA) is 77.0 Å². The monoisotopic (exact) mass is 271 g/mol. The highest BCUT2D eigenvalue weighted by molar-refractivity contribution is 5.65. The predicted octanol–water partition coefficient (Wildman–Crippen LogP) is 0.689. The van der Waals surface area contributed by atoms with Gasteiger partial charge < -0.3 is 20.4 Å².